The molecule has 0 spiro atoms. The summed E-state index contributed by atoms with van der Waals surface area (Å²) in [6.45, 7) is 1.59. The fourth-order valence-corrected chi connectivity index (χ4v) is 2.07. The summed E-state index contributed by atoms with van der Waals surface area (Å²) in [5.74, 6) is -0.0718. The van der Waals surface area contributed by atoms with Crippen LogP contribution in [0.5, 0.6) is 5.75 Å². The lowest BCUT2D eigenvalue weighted by Crippen LogP contribution is -1.99. The van der Waals surface area contributed by atoms with Gasteiger partial charge in [-0.1, -0.05) is 0 Å². The number of hydrogen-bond acceptors (Lipinski definition) is 3. The Balaban J connectivity index is 2.79. The quantitative estimate of drug-likeness (QED) is 0.851. The molecule has 90 valence electrons. The molecular weight excluding hydrogens is 289 g/mol. The third-order valence-electron chi connectivity index (χ3n) is 2.70. The summed E-state index contributed by atoms with van der Waals surface area (Å²) in [6, 6.07) is 1.22. The first kappa shape index (κ1) is 11.9. The highest BCUT2D eigenvalue weighted by molar-refractivity contribution is 9.10. The van der Waals surface area contributed by atoms with Crippen LogP contribution < -0.4 is 5.73 Å². The molecule has 17 heavy (non-hydrogen) atoms. The number of nitrogens with zero attached hydrogens (tertiary/aromatic N) is 2. The van der Waals surface area contributed by atoms with E-state index in [4.69, 9.17) is 5.73 Å². The molecule has 0 radical (unpaired) electrons. The predicted molar refractivity (Wildman–Crippen MR) is 67.1 cm³/mol. The Kier molecular flexibility index (Phi) is 2.82. The summed E-state index contributed by atoms with van der Waals surface area (Å²) in [5.41, 5.74) is 7.04. The molecule has 6 heteroatoms. The Morgan fingerprint density at radius 3 is 2.71 bits per heavy atom. The van der Waals surface area contributed by atoms with Crippen molar-refractivity contribution in [3.8, 4) is 16.9 Å². The smallest absolute Gasteiger partial charge is 0.138 e. The predicted octanol–water partition coefficient (Wildman–Crippen LogP) is 2.58. The molecule has 0 atom stereocenters. The van der Waals surface area contributed by atoms with Crippen molar-refractivity contribution in [2.24, 2.45) is 7.05 Å². The lowest BCUT2D eigenvalue weighted by Gasteiger charge is -2.10. The van der Waals surface area contributed by atoms with Crippen LogP contribution >= 0.6 is 15.9 Å². The van der Waals surface area contributed by atoms with E-state index in [1.54, 1.807) is 14.0 Å². The van der Waals surface area contributed by atoms with Gasteiger partial charge in [-0.25, -0.2) is 4.39 Å². The van der Waals surface area contributed by atoms with E-state index in [0.29, 0.717) is 27.0 Å². The average Bonchev–Trinajstić information content (AvgIpc) is 2.59. The summed E-state index contributed by atoms with van der Waals surface area (Å²) in [5, 5.41) is 14.0. The molecule has 0 aliphatic rings. The number of aryl methyl sites for hydroxylation is 1. The number of nitrogens with two attached hydrogens (primary N) is 1. The summed E-state index contributed by atoms with van der Waals surface area (Å²) in [7, 11) is 1.68. The van der Waals surface area contributed by atoms with Gasteiger partial charge in [0.25, 0.3) is 0 Å². The largest absolute Gasteiger partial charge is 0.506 e. The first-order valence-electron chi connectivity index (χ1n) is 4.89. The molecule has 0 amide bonds. The first-order valence-corrected chi connectivity index (χ1v) is 5.68. The number of halogens is 2. The van der Waals surface area contributed by atoms with Gasteiger partial charge in [0.1, 0.15) is 17.4 Å². The monoisotopic (exact) mass is 299 g/mol. The topological polar surface area (TPSA) is 64.1 Å². The molecule has 1 aromatic carbocycles. The number of phenols is 1. The minimum Gasteiger partial charge on any atom is -0.506 e. The number of phenolic OH excluding ortho intramolecular Hbond substituents is 1. The molecular formula is C11H11BrFN3O. The molecule has 0 saturated heterocycles. The van der Waals surface area contributed by atoms with Gasteiger partial charge in [0.2, 0.25) is 0 Å². The minimum atomic E-state index is -0.409. The van der Waals surface area contributed by atoms with Crippen LogP contribution in [0.15, 0.2) is 16.7 Å². The highest BCUT2D eigenvalue weighted by atomic mass is 79.9. The van der Waals surface area contributed by atoms with E-state index in [1.165, 1.54) is 16.9 Å². The van der Waals surface area contributed by atoms with Gasteiger partial charge >= 0.3 is 0 Å². The third-order valence-corrected chi connectivity index (χ3v) is 3.31. The van der Waals surface area contributed by atoms with Crippen LogP contribution in [0, 0.1) is 12.7 Å². The lowest BCUT2D eigenvalue weighted by molar-refractivity contribution is 0.471. The second-order valence-electron chi connectivity index (χ2n) is 3.76. The summed E-state index contributed by atoms with van der Waals surface area (Å²) in [4.78, 5) is 0. The highest BCUT2D eigenvalue weighted by Gasteiger charge is 2.19. The maximum atomic E-state index is 13.6. The Labute approximate surface area is 106 Å². The number of aromatic nitrogens is 2. The van der Waals surface area contributed by atoms with Gasteiger partial charge in [0.15, 0.2) is 0 Å². The zero-order valence-corrected chi connectivity index (χ0v) is 10.9. The molecule has 1 aromatic heterocycles. The van der Waals surface area contributed by atoms with Crippen LogP contribution in [0.2, 0.25) is 0 Å². The Morgan fingerprint density at radius 2 is 2.18 bits per heavy atom. The van der Waals surface area contributed by atoms with Crippen molar-refractivity contribution in [1.29, 1.82) is 0 Å². The molecule has 3 N–H and O–H groups in total. The standard InChI is InChI=1S/C11H11BrFN3O/c1-5-8(13)3-7(12)10(17)9(5)6-4-15-16(2)11(6)14/h3-4,17H,14H2,1-2H3. The van der Waals surface area contributed by atoms with E-state index in [1.807, 2.05) is 0 Å². The van der Waals surface area contributed by atoms with Crippen molar-refractivity contribution in [2.45, 2.75) is 6.92 Å². The van der Waals surface area contributed by atoms with Crippen molar-refractivity contribution in [1.82, 2.24) is 9.78 Å². The van der Waals surface area contributed by atoms with Crippen molar-refractivity contribution >= 4 is 21.7 Å². The maximum absolute atomic E-state index is 13.6. The third kappa shape index (κ3) is 1.78. The van der Waals surface area contributed by atoms with Crippen LogP contribution in [0.4, 0.5) is 10.2 Å². The number of anilines is 1. The summed E-state index contributed by atoms with van der Waals surface area (Å²) < 4.78 is 15.4. The van der Waals surface area contributed by atoms with Crippen molar-refractivity contribution in [2.75, 3.05) is 5.73 Å². The molecule has 0 bridgehead atoms. The molecule has 0 aliphatic carbocycles. The fraction of sp³-hybridized carbons (Fsp3) is 0.182. The molecule has 0 aliphatic heterocycles. The number of benzene rings is 1. The van der Waals surface area contributed by atoms with Gasteiger partial charge < -0.3 is 10.8 Å². The number of nitrogen functional groups attached to an aromatic ring is 1. The highest BCUT2D eigenvalue weighted by Crippen LogP contribution is 2.41. The van der Waals surface area contributed by atoms with Crippen molar-refractivity contribution in [3.05, 3.63) is 28.1 Å². The van der Waals surface area contributed by atoms with Crippen LogP contribution in [-0.2, 0) is 7.05 Å². The number of hydrogen-bond donors (Lipinski definition) is 2. The maximum Gasteiger partial charge on any atom is 0.138 e. The first-order chi connectivity index (χ1) is 7.93. The van der Waals surface area contributed by atoms with E-state index in [9.17, 15) is 9.50 Å². The van der Waals surface area contributed by atoms with E-state index in [2.05, 4.69) is 21.0 Å². The normalized spacial score (nSPS) is 10.8. The van der Waals surface area contributed by atoms with E-state index >= 15 is 0 Å². The minimum absolute atomic E-state index is 0.0383. The molecule has 4 nitrogen and oxygen atoms in total. The zero-order chi connectivity index (χ0) is 12.7. The second-order valence-corrected chi connectivity index (χ2v) is 4.61. The van der Waals surface area contributed by atoms with E-state index in [-0.39, 0.29) is 5.75 Å². The van der Waals surface area contributed by atoms with Crippen LogP contribution in [0.25, 0.3) is 11.1 Å². The van der Waals surface area contributed by atoms with E-state index in [0.717, 1.165) is 0 Å². The Morgan fingerprint density at radius 1 is 1.53 bits per heavy atom. The molecule has 0 fully saturated rings. The summed E-state index contributed by atoms with van der Waals surface area (Å²) in [6.07, 6.45) is 1.50. The Hall–Kier alpha value is -1.56. The lowest BCUT2D eigenvalue weighted by atomic mass is 10.0. The molecule has 2 rings (SSSR count). The fourth-order valence-electron chi connectivity index (χ4n) is 1.67. The van der Waals surface area contributed by atoms with Gasteiger partial charge in [-0.3, -0.25) is 4.68 Å². The van der Waals surface area contributed by atoms with Crippen molar-refractivity contribution in [3.63, 3.8) is 0 Å². The van der Waals surface area contributed by atoms with Gasteiger partial charge in [-0.05, 0) is 34.5 Å². The van der Waals surface area contributed by atoms with Crippen LogP contribution in [0.3, 0.4) is 0 Å². The second kappa shape index (κ2) is 4.03. The van der Waals surface area contributed by atoms with Crippen LogP contribution in [0.1, 0.15) is 5.56 Å². The van der Waals surface area contributed by atoms with Gasteiger partial charge in [-0.2, -0.15) is 5.10 Å². The molecule has 0 saturated carbocycles. The molecule has 0 unspecified atom stereocenters. The number of rotatable bonds is 1. The van der Waals surface area contributed by atoms with Gasteiger partial charge in [0, 0.05) is 18.2 Å². The van der Waals surface area contributed by atoms with Gasteiger partial charge in [0.05, 0.1) is 10.7 Å². The van der Waals surface area contributed by atoms with Gasteiger partial charge in [-0.15, -0.1) is 0 Å². The van der Waals surface area contributed by atoms with E-state index < -0.39 is 5.82 Å². The summed E-state index contributed by atoms with van der Waals surface area (Å²) >= 11 is 3.10. The number of aromatic hydroxyl groups is 1. The zero-order valence-electron chi connectivity index (χ0n) is 9.33. The van der Waals surface area contributed by atoms with Crippen LogP contribution in [-0.4, -0.2) is 14.9 Å². The SMILES string of the molecule is Cc1c(F)cc(Br)c(O)c1-c1cnn(C)c1N. The molecule has 1 heterocycles. The average molecular weight is 300 g/mol. The molecule has 2 aromatic rings. The Bertz CT molecular complexity index is 569. The van der Waals surface area contributed by atoms with Crippen molar-refractivity contribution < 1.29 is 9.50 Å².